The number of para-hydroxylation sites is 1. The molecule has 0 radical (unpaired) electrons. The van der Waals surface area contributed by atoms with Gasteiger partial charge in [0.2, 0.25) is 0 Å². The molecule has 0 aliphatic rings. The Labute approximate surface area is 99.1 Å². The van der Waals surface area contributed by atoms with Crippen molar-refractivity contribution in [3.63, 3.8) is 0 Å². The summed E-state index contributed by atoms with van der Waals surface area (Å²) >= 11 is 1.64. The van der Waals surface area contributed by atoms with Crippen molar-refractivity contribution in [1.29, 1.82) is 0 Å². The van der Waals surface area contributed by atoms with Crippen LogP contribution in [-0.2, 0) is 0 Å². The molecule has 0 atom stereocenters. The van der Waals surface area contributed by atoms with Crippen LogP contribution in [0.3, 0.4) is 0 Å². The van der Waals surface area contributed by atoms with E-state index in [-0.39, 0.29) is 0 Å². The number of nitrogens with zero attached hydrogens (tertiary/aromatic N) is 1. The minimum absolute atomic E-state index is 0.692. The number of thioether (sulfide) groups is 1. The molecule has 0 amide bonds. The number of aromatic nitrogens is 1. The van der Waals surface area contributed by atoms with Gasteiger partial charge >= 0.3 is 0 Å². The Morgan fingerprint density at radius 1 is 1.38 bits per heavy atom. The highest BCUT2D eigenvalue weighted by Crippen LogP contribution is 2.24. The van der Waals surface area contributed by atoms with Crippen molar-refractivity contribution in [3.8, 4) is 0 Å². The third-order valence-corrected chi connectivity index (χ3v) is 3.50. The van der Waals surface area contributed by atoms with Gasteiger partial charge in [0.05, 0.1) is 5.52 Å². The molecule has 0 aliphatic carbocycles. The van der Waals surface area contributed by atoms with Crippen LogP contribution in [0.5, 0.6) is 0 Å². The highest BCUT2D eigenvalue weighted by Gasteiger charge is 2.05. The second kappa shape index (κ2) is 5.12. The molecule has 1 aromatic carbocycles. The number of carbonyl (C=O) groups excluding carboxylic acids is 1. The van der Waals surface area contributed by atoms with Crippen LogP contribution in [0.15, 0.2) is 35.4 Å². The zero-order chi connectivity index (χ0) is 11.4. The quantitative estimate of drug-likeness (QED) is 0.595. The smallest absolute Gasteiger partial charge is 0.152 e. The number of pyridine rings is 1. The molecule has 0 N–H and O–H groups in total. The molecule has 16 heavy (non-hydrogen) atoms. The lowest BCUT2D eigenvalue weighted by Crippen LogP contribution is -1.92. The summed E-state index contributed by atoms with van der Waals surface area (Å²) in [5, 5.41) is 1.86. The summed E-state index contributed by atoms with van der Waals surface area (Å²) < 4.78 is 0. The van der Waals surface area contributed by atoms with Gasteiger partial charge in [-0.25, -0.2) is 4.98 Å². The van der Waals surface area contributed by atoms with Gasteiger partial charge in [-0.2, -0.15) is 0 Å². The number of rotatable bonds is 4. The van der Waals surface area contributed by atoms with Crippen LogP contribution in [-0.4, -0.2) is 17.0 Å². The number of hydrogen-bond acceptors (Lipinski definition) is 3. The largest absolute Gasteiger partial charge is 0.298 e. The van der Waals surface area contributed by atoms with E-state index in [0.717, 1.165) is 34.4 Å². The number of carbonyl (C=O) groups is 1. The normalized spacial score (nSPS) is 10.6. The van der Waals surface area contributed by atoms with Gasteiger partial charge in [-0.3, -0.25) is 4.79 Å². The van der Waals surface area contributed by atoms with Crippen molar-refractivity contribution in [1.82, 2.24) is 4.98 Å². The maximum absolute atomic E-state index is 11.0. The lowest BCUT2D eigenvalue weighted by molar-refractivity contribution is 0.112. The number of fused-ring (bicyclic) bond motifs is 1. The van der Waals surface area contributed by atoms with Crippen LogP contribution >= 0.6 is 11.8 Å². The van der Waals surface area contributed by atoms with E-state index < -0.39 is 0 Å². The van der Waals surface area contributed by atoms with E-state index in [1.165, 1.54) is 0 Å². The van der Waals surface area contributed by atoms with Gasteiger partial charge in [0.1, 0.15) is 5.03 Å². The predicted molar refractivity (Wildman–Crippen MR) is 68.1 cm³/mol. The van der Waals surface area contributed by atoms with E-state index in [2.05, 4.69) is 11.9 Å². The fourth-order valence-corrected chi connectivity index (χ4v) is 2.35. The molecule has 0 spiro atoms. The summed E-state index contributed by atoms with van der Waals surface area (Å²) in [6.45, 7) is 2.12. The van der Waals surface area contributed by atoms with Crippen LogP contribution in [0.25, 0.3) is 10.9 Å². The Kier molecular flexibility index (Phi) is 3.57. The van der Waals surface area contributed by atoms with Crippen molar-refractivity contribution in [2.75, 3.05) is 5.75 Å². The Balaban J connectivity index is 2.49. The highest BCUT2D eigenvalue weighted by molar-refractivity contribution is 7.99. The molecule has 1 heterocycles. The van der Waals surface area contributed by atoms with Crippen LogP contribution in [0.4, 0.5) is 0 Å². The molecular weight excluding hydrogens is 218 g/mol. The zero-order valence-electron chi connectivity index (χ0n) is 9.14. The minimum atomic E-state index is 0.692. The molecule has 0 bridgehead atoms. The van der Waals surface area contributed by atoms with Gasteiger partial charge in [0, 0.05) is 10.9 Å². The fraction of sp³-hybridized carbons (Fsp3) is 0.231. The molecule has 0 fully saturated rings. The molecule has 2 nitrogen and oxygen atoms in total. The molecule has 0 saturated carbocycles. The molecule has 2 aromatic rings. The zero-order valence-corrected chi connectivity index (χ0v) is 9.96. The van der Waals surface area contributed by atoms with Crippen molar-refractivity contribution >= 4 is 29.0 Å². The SMILES string of the molecule is CCCSc1nc2ccccc2cc1C=O. The van der Waals surface area contributed by atoms with E-state index in [9.17, 15) is 4.79 Å². The van der Waals surface area contributed by atoms with Crippen LogP contribution < -0.4 is 0 Å². The number of aldehydes is 1. The average molecular weight is 231 g/mol. The summed E-state index contributed by atoms with van der Waals surface area (Å²) in [4.78, 5) is 15.5. The van der Waals surface area contributed by atoms with E-state index in [4.69, 9.17) is 0 Å². The molecule has 0 aliphatic heterocycles. The van der Waals surface area contributed by atoms with Crippen LogP contribution in [0, 0.1) is 0 Å². The molecule has 82 valence electrons. The van der Waals surface area contributed by atoms with Crippen molar-refractivity contribution in [2.45, 2.75) is 18.4 Å². The van der Waals surface area contributed by atoms with E-state index in [0.29, 0.717) is 5.56 Å². The van der Waals surface area contributed by atoms with E-state index in [1.807, 2.05) is 30.3 Å². The van der Waals surface area contributed by atoms with E-state index in [1.54, 1.807) is 11.8 Å². The molecule has 3 heteroatoms. The average Bonchev–Trinajstić information content (AvgIpc) is 2.35. The maximum atomic E-state index is 11.0. The summed E-state index contributed by atoms with van der Waals surface area (Å²) in [7, 11) is 0. The van der Waals surface area contributed by atoms with Gasteiger partial charge in [0.25, 0.3) is 0 Å². The highest BCUT2D eigenvalue weighted by atomic mass is 32.2. The standard InChI is InChI=1S/C13H13NOS/c1-2-7-16-13-11(9-15)8-10-5-3-4-6-12(10)14-13/h3-6,8-9H,2,7H2,1H3. The summed E-state index contributed by atoms with van der Waals surface area (Å²) in [6.07, 6.45) is 1.97. The van der Waals surface area contributed by atoms with E-state index >= 15 is 0 Å². The lowest BCUT2D eigenvalue weighted by Gasteiger charge is -2.05. The van der Waals surface area contributed by atoms with Gasteiger partial charge in [-0.05, 0) is 24.3 Å². The molecule has 2 rings (SSSR count). The molecule has 1 aromatic heterocycles. The van der Waals surface area contributed by atoms with Crippen molar-refractivity contribution < 1.29 is 4.79 Å². The second-order valence-corrected chi connectivity index (χ2v) is 4.63. The Bertz CT molecular complexity index is 510. The fourth-order valence-electron chi connectivity index (χ4n) is 1.51. The van der Waals surface area contributed by atoms with Gasteiger partial charge in [0.15, 0.2) is 6.29 Å². The minimum Gasteiger partial charge on any atom is -0.298 e. The first-order chi connectivity index (χ1) is 7.85. The van der Waals surface area contributed by atoms with Gasteiger partial charge < -0.3 is 0 Å². The summed E-state index contributed by atoms with van der Waals surface area (Å²) in [5.41, 5.74) is 1.64. The molecule has 0 saturated heterocycles. The molecule has 0 unspecified atom stereocenters. The summed E-state index contributed by atoms with van der Waals surface area (Å²) in [6, 6.07) is 9.78. The number of benzene rings is 1. The lowest BCUT2D eigenvalue weighted by atomic mass is 10.2. The first kappa shape index (κ1) is 11.1. The Hall–Kier alpha value is -1.35. The van der Waals surface area contributed by atoms with Crippen LogP contribution in [0.2, 0.25) is 0 Å². The Morgan fingerprint density at radius 2 is 2.19 bits per heavy atom. The van der Waals surface area contributed by atoms with Crippen molar-refractivity contribution in [3.05, 3.63) is 35.9 Å². The van der Waals surface area contributed by atoms with Gasteiger partial charge in [-0.15, -0.1) is 11.8 Å². The van der Waals surface area contributed by atoms with Crippen LogP contribution in [0.1, 0.15) is 23.7 Å². The van der Waals surface area contributed by atoms with Crippen molar-refractivity contribution in [2.24, 2.45) is 0 Å². The first-order valence-electron chi connectivity index (χ1n) is 5.33. The second-order valence-electron chi connectivity index (χ2n) is 3.54. The predicted octanol–water partition coefficient (Wildman–Crippen LogP) is 3.55. The third kappa shape index (κ3) is 2.25. The first-order valence-corrected chi connectivity index (χ1v) is 6.31. The summed E-state index contributed by atoms with van der Waals surface area (Å²) in [5.74, 6) is 0.992. The maximum Gasteiger partial charge on any atom is 0.152 e. The molecular formula is C13H13NOS. The number of hydrogen-bond donors (Lipinski definition) is 0. The topological polar surface area (TPSA) is 30.0 Å². The third-order valence-electron chi connectivity index (χ3n) is 2.29. The Morgan fingerprint density at radius 3 is 2.94 bits per heavy atom. The monoisotopic (exact) mass is 231 g/mol. The van der Waals surface area contributed by atoms with Gasteiger partial charge in [-0.1, -0.05) is 25.1 Å².